The van der Waals surface area contributed by atoms with Gasteiger partial charge in [0.05, 0.1) is 21.8 Å². The van der Waals surface area contributed by atoms with E-state index in [0.717, 1.165) is 37.5 Å². The molecule has 0 unspecified atom stereocenters. The Morgan fingerprint density at radius 3 is 2.40 bits per heavy atom. The van der Waals surface area contributed by atoms with Gasteiger partial charge in [-0.2, -0.15) is 0 Å². The second-order valence-electron chi connectivity index (χ2n) is 9.78. The fraction of sp³-hybridized carbons (Fsp3) is 0.310. The minimum atomic E-state index is -0.159. The summed E-state index contributed by atoms with van der Waals surface area (Å²) in [6.45, 7) is 6.36. The fourth-order valence-corrected chi connectivity index (χ4v) is 5.34. The van der Waals surface area contributed by atoms with Crippen molar-refractivity contribution in [3.63, 3.8) is 0 Å². The minimum absolute atomic E-state index is 0.133. The molecule has 4 aromatic carbocycles. The molecule has 1 fully saturated rings. The Labute approximate surface area is 202 Å². The lowest BCUT2D eigenvalue weighted by Gasteiger charge is -2.30. The van der Waals surface area contributed by atoms with Gasteiger partial charge in [-0.1, -0.05) is 43.3 Å². The molecule has 1 aliphatic rings. The quantitative estimate of drug-likeness (QED) is 0.203. The number of hydrogen-bond acceptors (Lipinski definition) is 5. The zero-order valence-electron chi connectivity index (χ0n) is 19.9. The summed E-state index contributed by atoms with van der Waals surface area (Å²) in [6, 6.07) is 16.5. The Morgan fingerprint density at radius 2 is 1.63 bits per heavy atom. The second-order valence-corrected chi connectivity index (χ2v) is 9.78. The number of hydrogen-bond donors (Lipinski definition) is 2. The third-order valence-corrected chi connectivity index (χ3v) is 7.37. The van der Waals surface area contributed by atoms with E-state index in [9.17, 15) is 9.59 Å². The van der Waals surface area contributed by atoms with E-state index in [-0.39, 0.29) is 10.9 Å². The van der Waals surface area contributed by atoms with Crippen molar-refractivity contribution >= 4 is 49.4 Å². The molecule has 0 saturated carbocycles. The van der Waals surface area contributed by atoms with E-state index in [0.29, 0.717) is 50.5 Å². The summed E-state index contributed by atoms with van der Waals surface area (Å²) in [5.41, 5.74) is 2.94. The van der Waals surface area contributed by atoms with Crippen LogP contribution in [0.15, 0.2) is 68.6 Å². The second kappa shape index (κ2) is 8.86. The number of anilines is 1. The Hall–Kier alpha value is -3.64. The molecular formula is C29H29N3O3. The molecule has 0 bridgehead atoms. The van der Waals surface area contributed by atoms with Crippen LogP contribution in [0.3, 0.4) is 0 Å². The molecule has 2 heterocycles. The normalized spacial score (nSPS) is 15.5. The van der Waals surface area contributed by atoms with Crippen LogP contribution in [0.5, 0.6) is 0 Å². The summed E-state index contributed by atoms with van der Waals surface area (Å²) in [4.78, 5) is 33.2. The zero-order chi connectivity index (χ0) is 23.9. The number of H-pyrrole nitrogens is 1. The van der Waals surface area contributed by atoms with Gasteiger partial charge in [-0.3, -0.25) is 9.59 Å². The van der Waals surface area contributed by atoms with E-state index in [4.69, 9.17) is 4.42 Å². The van der Waals surface area contributed by atoms with Crippen molar-refractivity contribution in [1.82, 2.24) is 9.88 Å². The van der Waals surface area contributed by atoms with Crippen LogP contribution in [0.1, 0.15) is 26.2 Å². The number of benzene rings is 4. The molecule has 6 heteroatoms. The minimum Gasteiger partial charge on any atom is -0.453 e. The van der Waals surface area contributed by atoms with Crippen LogP contribution in [0, 0.1) is 5.92 Å². The van der Waals surface area contributed by atoms with Crippen molar-refractivity contribution in [1.29, 1.82) is 0 Å². The van der Waals surface area contributed by atoms with Crippen molar-refractivity contribution in [2.24, 2.45) is 5.92 Å². The summed E-state index contributed by atoms with van der Waals surface area (Å²) in [5, 5.41) is 5.16. The summed E-state index contributed by atoms with van der Waals surface area (Å²) in [6.07, 6.45) is 3.47. The lowest BCUT2D eigenvalue weighted by molar-refractivity contribution is 0.192. The van der Waals surface area contributed by atoms with Gasteiger partial charge in [-0.15, -0.1) is 0 Å². The summed E-state index contributed by atoms with van der Waals surface area (Å²) in [7, 11) is 0. The maximum Gasteiger partial charge on any atom is 0.196 e. The standard InChI is InChI=1S/C29H29N3O3/c1-18-11-15-32(16-12-18)14-6-13-30-22-17-24-27(31-21-9-4-5-10-23(21)35-24)26-25(22)28(33)19-7-2-3-8-20(19)29(26)34/h2-5,7-10,17-18,30-31H,6,11-16H2,1H3. The maximum atomic E-state index is 13.7. The number of aromatic amines is 1. The average Bonchev–Trinajstić information content (AvgIpc) is 2.89. The van der Waals surface area contributed by atoms with Crippen molar-refractivity contribution < 1.29 is 4.42 Å². The molecular weight excluding hydrogens is 438 g/mol. The lowest BCUT2D eigenvalue weighted by atomic mass is 9.99. The number of nitrogens with zero attached hydrogens (tertiary/aromatic N) is 1. The highest BCUT2D eigenvalue weighted by molar-refractivity contribution is 6.14. The van der Waals surface area contributed by atoms with Gasteiger partial charge in [0.25, 0.3) is 0 Å². The van der Waals surface area contributed by atoms with Crippen LogP contribution in [0.2, 0.25) is 0 Å². The van der Waals surface area contributed by atoms with Crippen LogP contribution >= 0.6 is 0 Å². The molecule has 1 saturated heterocycles. The number of aromatic nitrogens is 1. The van der Waals surface area contributed by atoms with Crippen LogP contribution in [-0.2, 0) is 0 Å². The van der Waals surface area contributed by atoms with Gasteiger partial charge in [-0.05, 0) is 56.9 Å². The van der Waals surface area contributed by atoms with Crippen molar-refractivity contribution in [3.8, 4) is 0 Å². The Kier molecular flexibility index (Phi) is 5.53. The van der Waals surface area contributed by atoms with Gasteiger partial charge in [0, 0.05) is 29.1 Å². The molecule has 6 rings (SSSR count). The molecule has 2 N–H and O–H groups in total. The van der Waals surface area contributed by atoms with Gasteiger partial charge in [-0.25, -0.2) is 0 Å². The smallest absolute Gasteiger partial charge is 0.196 e. The Morgan fingerprint density at radius 1 is 0.943 bits per heavy atom. The van der Waals surface area contributed by atoms with E-state index in [2.05, 4.69) is 22.1 Å². The highest BCUT2D eigenvalue weighted by Crippen LogP contribution is 2.31. The summed E-state index contributed by atoms with van der Waals surface area (Å²) >= 11 is 0. The van der Waals surface area contributed by atoms with Crippen molar-refractivity contribution in [2.75, 3.05) is 31.5 Å². The molecule has 0 atom stereocenters. The number of piperidine rings is 1. The largest absolute Gasteiger partial charge is 0.453 e. The highest BCUT2D eigenvalue weighted by atomic mass is 16.3. The van der Waals surface area contributed by atoms with Crippen LogP contribution in [0.4, 0.5) is 5.69 Å². The Bertz CT molecular complexity index is 1680. The van der Waals surface area contributed by atoms with Crippen LogP contribution < -0.4 is 16.2 Å². The first-order valence-electron chi connectivity index (χ1n) is 12.5. The molecule has 178 valence electrons. The first-order chi connectivity index (χ1) is 17.1. The van der Waals surface area contributed by atoms with Gasteiger partial charge in [0.2, 0.25) is 0 Å². The van der Waals surface area contributed by atoms with E-state index < -0.39 is 0 Å². The molecule has 35 heavy (non-hydrogen) atoms. The number of likely N-dealkylation sites (tertiary alicyclic amines) is 1. The van der Waals surface area contributed by atoms with Gasteiger partial charge < -0.3 is 19.6 Å². The molecule has 0 spiro atoms. The third kappa shape index (κ3) is 3.88. The Balaban J connectivity index is 1.46. The number of nitrogens with one attached hydrogen (secondary N) is 2. The van der Waals surface area contributed by atoms with Crippen LogP contribution in [0.25, 0.3) is 43.7 Å². The van der Waals surface area contributed by atoms with Gasteiger partial charge >= 0.3 is 0 Å². The molecule has 0 aliphatic carbocycles. The van der Waals surface area contributed by atoms with E-state index >= 15 is 0 Å². The predicted octanol–water partition coefficient (Wildman–Crippen LogP) is 5.47. The topological polar surface area (TPSA) is 78.3 Å². The molecule has 0 radical (unpaired) electrons. The summed E-state index contributed by atoms with van der Waals surface area (Å²) < 4.78 is 6.19. The third-order valence-electron chi connectivity index (χ3n) is 7.37. The molecule has 1 aromatic heterocycles. The van der Waals surface area contributed by atoms with E-state index in [1.54, 1.807) is 24.3 Å². The zero-order valence-corrected chi connectivity index (χ0v) is 19.9. The highest BCUT2D eigenvalue weighted by Gasteiger charge is 2.19. The van der Waals surface area contributed by atoms with Crippen molar-refractivity contribution in [2.45, 2.75) is 26.2 Å². The molecule has 5 aromatic rings. The first-order valence-corrected chi connectivity index (χ1v) is 12.5. The van der Waals surface area contributed by atoms with E-state index in [1.165, 1.54) is 12.8 Å². The van der Waals surface area contributed by atoms with E-state index in [1.807, 2.05) is 30.3 Å². The summed E-state index contributed by atoms with van der Waals surface area (Å²) in [5.74, 6) is 0.816. The number of rotatable bonds is 5. The first kappa shape index (κ1) is 21.9. The molecule has 6 nitrogen and oxygen atoms in total. The fourth-order valence-electron chi connectivity index (χ4n) is 5.34. The average molecular weight is 468 g/mol. The predicted molar refractivity (Wildman–Crippen MR) is 144 cm³/mol. The maximum absolute atomic E-state index is 13.7. The SMILES string of the molecule is CC1CCN(CCCNc2cc3oc4ccccc4[nH]c3c3c(=O)c4ccccc4c(=O)c23)CC1. The van der Waals surface area contributed by atoms with Gasteiger partial charge in [0.15, 0.2) is 22.0 Å². The monoisotopic (exact) mass is 467 g/mol. The number of fused-ring (bicyclic) bond motifs is 5. The van der Waals surface area contributed by atoms with Gasteiger partial charge in [0.1, 0.15) is 0 Å². The van der Waals surface area contributed by atoms with Crippen molar-refractivity contribution in [3.05, 3.63) is 75.0 Å². The lowest BCUT2D eigenvalue weighted by Crippen LogP contribution is -2.34. The molecule has 0 amide bonds. The van der Waals surface area contributed by atoms with Crippen LogP contribution in [-0.4, -0.2) is 36.1 Å². The molecule has 1 aliphatic heterocycles. The number of para-hydroxylation sites is 2.